The van der Waals surface area contributed by atoms with Crippen molar-refractivity contribution in [3.05, 3.63) is 52.7 Å². The number of nitrogens with zero attached hydrogens (tertiary/aromatic N) is 4. The molecule has 1 fully saturated rings. The van der Waals surface area contributed by atoms with Crippen LogP contribution < -0.4 is 10.6 Å². The fourth-order valence-corrected chi connectivity index (χ4v) is 6.23. The Morgan fingerprint density at radius 1 is 1.17 bits per heavy atom. The molecule has 1 aromatic carbocycles. The van der Waals surface area contributed by atoms with Crippen molar-refractivity contribution >= 4 is 33.3 Å². The molecule has 3 heterocycles. The molecular formula is C23H27N5OS. The minimum absolute atomic E-state index is 0.292. The third kappa shape index (κ3) is 3.46. The summed E-state index contributed by atoms with van der Waals surface area (Å²) in [6, 6.07) is 9.46. The van der Waals surface area contributed by atoms with Gasteiger partial charge < -0.3 is 10.6 Å². The van der Waals surface area contributed by atoms with Gasteiger partial charge >= 0.3 is 0 Å². The molecule has 1 amide bonds. The number of fused-ring (bicyclic) bond motifs is 3. The second-order valence-corrected chi connectivity index (χ2v) is 9.55. The van der Waals surface area contributed by atoms with Gasteiger partial charge in [0.05, 0.1) is 5.39 Å². The number of hydrogen-bond acceptors (Lipinski definition) is 6. The molecule has 2 atom stereocenters. The molecule has 2 N–H and O–H groups in total. The number of primary amides is 1. The van der Waals surface area contributed by atoms with Crippen molar-refractivity contribution in [2.45, 2.75) is 32.2 Å². The van der Waals surface area contributed by atoms with Gasteiger partial charge in [0, 0.05) is 31.1 Å². The average Bonchev–Trinajstić information content (AvgIpc) is 3.12. The Labute approximate surface area is 180 Å². The Balaban J connectivity index is 1.39. The van der Waals surface area contributed by atoms with Crippen LogP contribution in [0.25, 0.3) is 10.2 Å². The first-order valence-corrected chi connectivity index (χ1v) is 11.5. The van der Waals surface area contributed by atoms with Crippen molar-refractivity contribution in [1.82, 2.24) is 14.9 Å². The van der Waals surface area contributed by atoms with Crippen molar-refractivity contribution in [3.63, 3.8) is 0 Å². The molecule has 5 rings (SSSR count). The highest BCUT2D eigenvalue weighted by molar-refractivity contribution is 7.19. The highest BCUT2D eigenvalue weighted by Gasteiger charge is 2.31. The summed E-state index contributed by atoms with van der Waals surface area (Å²) in [7, 11) is 0. The van der Waals surface area contributed by atoms with Crippen LogP contribution in [-0.2, 0) is 17.6 Å². The standard InChI is InChI=1S/C23H27N5OS/c1-15-7-8-17-18(13-15)30-23-19(17)22(25-14-26-23)28-11-9-27(10-12-28)20(21(24)29)16-5-3-2-4-6-16/h2-6,14-15,20H,7-13H2,1H3,(H2,24,29). The number of aromatic nitrogens is 2. The van der Waals surface area contributed by atoms with E-state index in [1.165, 1.54) is 22.2 Å². The maximum atomic E-state index is 12.2. The second-order valence-electron chi connectivity index (χ2n) is 8.47. The lowest BCUT2D eigenvalue weighted by molar-refractivity contribution is -0.123. The van der Waals surface area contributed by atoms with Crippen molar-refractivity contribution in [2.24, 2.45) is 11.7 Å². The zero-order chi connectivity index (χ0) is 20.7. The molecule has 1 aliphatic heterocycles. The zero-order valence-electron chi connectivity index (χ0n) is 17.3. The number of hydrogen-bond donors (Lipinski definition) is 1. The maximum absolute atomic E-state index is 12.2. The average molecular weight is 422 g/mol. The molecule has 0 bridgehead atoms. The summed E-state index contributed by atoms with van der Waals surface area (Å²) in [5.74, 6) is 1.51. The number of thiophene rings is 1. The first-order chi connectivity index (χ1) is 14.6. The smallest absolute Gasteiger partial charge is 0.239 e. The van der Waals surface area contributed by atoms with E-state index >= 15 is 0 Å². The van der Waals surface area contributed by atoms with E-state index in [9.17, 15) is 4.79 Å². The number of nitrogens with two attached hydrogens (primary N) is 1. The van der Waals surface area contributed by atoms with Gasteiger partial charge in [-0.1, -0.05) is 37.3 Å². The summed E-state index contributed by atoms with van der Waals surface area (Å²) in [4.78, 5) is 28.7. The Kier molecular flexibility index (Phi) is 5.16. The molecule has 1 saturated heterocycles. The summed E-state index contributed by atoms with van der Waals surface area (Å²) in [6.07, 6.45) is 5.21. The maximum Gasteiger partial charge on any atom is 0.239 e. The van der Waals surface area contributed by atoms with Gasteiger partial charge in [0.25, 0.3) is 0 Å². The topological polar surface area (TPSA) is 75.3 Å². The van der Waals surface area contributed by atoms with E-state index < -0.39 is 0 Å². The van der Waals surface area contributed by atoms with Gasteiger partial charge in [-0.15, -0.1) is 11.3 Å². The van der Waals surface area contributed by atoms with Crippen LogP contribution in [-0.4, -0.2) is 47.0 Å². The number of benzene rings is 1. The van der Waals surface area contributed by atoms with Crippen LogP contribution in [0.2, 0.25) is 0 Å². The third-order valence-corrected chi connectivity index (χ3v) is 7.60. The number of piperazine rings is 1. The van der Waals surface area contributed by atoms with Gasteiger partial charge in [0.2, 0.25) is 5.91 Å². The summed E-state index contributed by atoms with van der Waals surface area (Å²) in [5, 5.41) is 1.26. The highest BCUT2D eigenvalue weighted by atomic mass is 32.1. The summed E-state index contributed by atoms with van der Waals surface area (Å²) < 4.78 is 0. The van der Waals surface area contributed by atoms with Crippen molar-refractivity contribution in [1.29, 1.82) is 0 Å². The van der Waals surface area contributed by atoms with Crippen LogP contribution in [0, 0.1) is 5.92 Å². The van der Waals surface area contributed by atoms with Gasteiger partial charge in [-0.2, -0.15) is 0 Å². The fourth-order valence-electron chi connectivity index (χ4n) is 4.88. The lowest BCUT2D eigenvalue weighted by Gasteiger charge is -2.39. The Morgan fingerprint density at radius 2 is 1.93 bits per heavy atom. The molecule has 3 aromatic rings. The van der Waals surface area contributed by atoms with E-state index in [-0.39, 0.29) is 11.9 Å². The minimum Gasteiger partial charge on any atom is -0.368 e. The molecule has 0 spiro atoms. The Morgan fingerprint density at radius 3 is 2.67 bits per heavy atom. The van der Waals surface area contributed by atoms with Gasteiger partial charge in [-0.05, 0) is 36.3 Å². The van der Waals surface area contributed by atoms with Gasteiger partial charge in [0.1, 0.15) is 23.0 Å². The quantitative estimate of drug-likeness (QED) is 0.700. The van der Waals surface area contributed by atoms with Crippen molar-refractivity contribution < 1.29 is 4.79 Å². The van der Waals surface area contributed by atoms with Crippen molar-refractivity contribution in [3.8, 4) is 0 Å². The van der Waals surface area contributed by atoms with E-state index in [1.807, 2.05) is 41.7 Å². The molecule has 2 aromatic heterocycles. The van der Waals surface area contributed by atoms with Crippen molar-refractivity contribution in [2.75, 3.05) is 31.1 Å². The van der Waals surface area contributed by atoms with Crippen LogP contribution in [0.3, 0.4) is 0 Å². The molecule has 2 aliphatic rings. The first-order valence-electron chi connectivity index (χ1n) is 10.7. The van der Waals surface area contributed by atoms with Crippen LogP contribution in [0.15, 0.2) is 36.7 Å². The molecule has 156 valence electrons. The molecule has 0 saturated carbocycles. The monoisotopic (exact) mass is 421 g/mol. The summed E-state index contributed by atoms with van der Waals surface area (Å²) in [5.41, 5.74) is 8.21. The molecular weight excluding hydrogens is 394 g/mol. The van der Waals surface area contributed by atoms with Gasteiger partial charge in [0.15, 0.2) is 0 Å². The molecule has 0 radical (unpaired) electrons. The number of carbonyl (C=O) groups excluding carboxylic acids is 1. The van der Waals surface area contributed by atoms with Crippen LogP contribution in [0.4, 0.5) is 5.82 Å². The Bertz CT molecular complexity index is 1060. The first kappa shape index (κ1) is 19.5. The number of anilines is 1. The van der Waals surface area contributed by atoms with E-state index in [4.69, 9.17) is 10.7 Å². The summed E-state index contributed by atoms with van der Waals surface area (Å²) in [6.45, 7) is 5.53. The van der Waals surface area contributed by atoms with Crippen LogP contribution in [0.5, 0.6) is 0 Å². The lowest BCUT2D eigenvalue weighted by Crippen LogP contribution is -2.50. The fraction of sp³-hybridized carbons (Fsp3) is 0.435. The third-order valence-electron chi connectivity index (χ3n) is 6.44. The molecule has 30 heavy (non-hydrogen) atoms. The minimum atomic E-state index is -0.380. The predicted octanol–water partition coefficient (Wildman–Crippen LogP) is 3.16. The SMILES string of the molecule is CC1CCc2c(sc3ncnc(N4CCN(C(C(N)=O)c5ccccc5)CC4)c23)C1. The van der Waals surface area contributed by atoms with Gasteiger partial charge in [-0.25, -0.2) is 9.97 Å². The van der Waals surface area contributed by atoms with E-state index in [1.54, 1.807) is 6.33 Å². The molecule has 6 nitrogen and oxygen atoms in total. The number of amides is 1. The molecule has 1 aliphatic carbocycles. The van der Waals surface area contributed by atoms with Gasteiger partial charge in [-0.3, -0.25) is 9.69 Å². The lowest BCUT2D eigenvalue weighted by atomic mass is 9.89. The van der Waals surface area contributed by atoms with Crippen LogP contribution >= 0.6 is 11.3 Å². The normalized spacial score (nSPS) is 20.8. The zero-order valence-corrected chi connectivity index (χ0v) is 18.1. The number of rotatable bonds is 4. The Hall–Kier alpha value is -2.51. The van der Waals surface area contributed by atoms with E-state index in [0.717, 1.165) is 61.2 Å². The second kappa shape index (κ2) is 7.96. The number of aryl methyl sites for hydroxylation is 1. The summed E-state index contributed by atoms with van der Waals surface area (Å²) >= 11 is 1.84. The highest BCUT2D eigenvalue weighted by Crippen LogP contribution is 2.40. The largest absolute Gasteiger partial charge is 0.368 e. The van der Waals surface area contributed by atoms with E-state index in [2.05, 4.69) is 21.7 Å². The predicted molar refractivity (Wildman–Crippen MR) is 121 cm³/mol. The van der Waals surface area contributed by atoms with Crippen LogP contribution in [0.1, 0.15) is 35.4 Å². The van der Waals surface area contributed by atoms with E-state index in [0.29, 0.717) is 0 Å². The number of carbonyl (C=O) groups is 1. The molecule has 7 heteroatoms. The molecule has 2 unspecified atom stereocenters.